The molecule has 0 bridgehead atoms. The van der Waals surface area contributed by atoms with Gasteiger partial charge >= 0.3 is 0 Å². The van der Waals surface area contributed by atoms with Crippen LogP contribution in [0.25, 0.3) is 11.4 Å². The van der Waals surface area contributed by atoms with Crippen LogP contribution in [0.4, 0.5) is 11.4 Å². The Morgan fingerprint density at radius 1 is 0.943 bits per heavy atom. The van der Waals surface area contributed by atoms with Crippen molar-refractivity contribution in [1.82, 2.24) is 9.97 Å². The molecule has 4 rings (SSSR count). The number of aromatic amines is 1. The molecule has 0 aliphatic rings. The quantitative estimate of drug-likeness (QED) is 0.283. The first kappa shape index (κ1) is 24.3. The molecule has 0 spiro atoms. The fraction of sp³-hybridized carbons (Fsp3) is 0.0833. The minimum absolute atomic E-state index is 0.121. The maximum absolute atomic E-state index is 13.0. The van der Waals surface area contributed by atoms with Crippen LogP contribution >= 0.6 is 15.9 Å². The van der Waals surface area contributed by atoms with Crippen molar-refractivity contribution in [2.45, 2.75) is 4.90 Å². The van der Waals surface area contributed by atoms with Crippen LogP contribution < -0.4 is 19.5 Å². The Bertz CT molecular complexity index is 1450. The first-order chi connectivity index (χ1) is 16.8. The fourth-order valence-electron chi connectivity index (χ4n) is 3.22. The molecule has 0 saturated heterocycles. The predicted molar refractivity (Wildman–Crippen MR) is 136 cm³/mol. The summed E-state index contributed by atoms with van der Waals surface area (Å²) in [6.45, 7) is 0. The van der Waals surface area contributed by atoms with Crippen LogP contribution in [-0.4, -0.2) is 38.5 Å². The van der Waals surface area contributed by atoms with Gasteiger partial charge in [-0.3, -0.25) is 9.52 Å². The molecule has 1 aromatic heterocycles. The number of hydrogen-bond acceptors (Lipinski definition) is 6. The van der Waals surface area contributed by atoms with Gasteiger partial charge in [0.15, 0.2) is 0 Å². The molecule has 0 aliphatic carbocycles. The van der Waals surface area contributed by atoms with Gasteiger partial charge in [-0.1, -0.05) is 15.9 Å². The molecule has 1 heterocycles. The second-order valence-electron chi connectivity index (χ2n) is 7.31. The highest BCUT2D eigenvalue weighted by Crippen LogP contribution is 2.29. The lowest BCUT2D eigenvalue weighted by Gasteiger charge is -2.13. The molecular weight excluding hydrogens is 536 g/mol. The zero-order chi connectivity index (χ0) is 25.0. The second kappa shape index (κ2) is 10.2. The minimum atomic E-state index is -4.00. The van der Waals surface area contributed by atoms with E-state index in [1.807, 2.05) is 12.1 Å². The van der Waals surface area contributed by atoms with Gasteiger partial charge < -0.3 is 19.8 Å². The molecule has 0 saturated carbocycles. The van der Waals surface area contributed by atoms with Crippen LogP contribution in [0.3, 0.4) is 0 Å². The first-order valence-corrected chi connectivity index (χ1v) is 12.5. The van der Waals surface area contributed by atoms with Gasteiger partial charge in [-0.05, 0) is 66.7 Å². The number of anilines is 2. The Hall–Kier alpha value is -3.83. The molecule has 4 aromatic rings. The number of sulfonamides is 1. The van der Waals surface area contributed by atoms with Crippen LogP contribution in [0.1, 0.15) is 10.5 Å². The number of rotatable bonds is 8. The number of aromatic nitrogens is 2. The number of benzene rings is 3. The molecule has 35 heavy (non-hydrogen) atoms. The van der Waals surface area contributed by atoms with E-state index >= 15 is 0 Å². The molecule has 0 fully saturated rings. The van der Waals surface area contributed by atoms with E-state index in [-0.39, 0.29) is 22.0 Å². The Morgan fingerprint density at radius 2 is 1.63 bits per heavy atom. The van der Waals surface area contributed by atoms with Crippen LogP contribution in [0.5, 0.6) is 11.5 Å². The van der Waals surface area contributed by atoms with Gasteiger partial charge in [0.2, 0.25) is 0 Å². The largest absolute Gasteiger partial charge is 0.497 e. The third kappa shape index (κ3) is 5.64. The highest BCUT2D eigenvalue weighted by atomic mass is 79.9. The van der Waals surface area contributed by atoms with Gasteiger partial charge in [0.25, 0.3) is 15.9 Å². The molecule has 0 aliphatic heterocycles. The minimum Gasteiger partial charge on any atom is -0.497 e. The molecule has 0 atom stereocenters. The molecule has 3 aromatic carbocycles. The number of carbonyl (C=O) groups is 1. The van der Waals surface area contributed by atoms with Gasteiger partial charge in [-0.15, -0.1) is 0 Å². The maximum atomic E-state index is 13.0. The zero-order valence-corrected chi connectivity index (χ0v) is 21.1. The average Bonchev–Trinajstić information content (AvgIpc) is 3.36. The van der Waals surface area contributed by atoms with E-state index < -0.39 is 15.9 Å². The summed E-state index contributed by atoms with van der Waals surface area (Å²) >= 11 is 3.32. The number of amides is 1. The summed E-state index contributed by atoms with van der Waals surface area (Å²) in [6, 6.07) is 18.3. The number of hydrogen-bond donors (Lipinski definition) is 3. The topological polar surface area (TPSA) is 122 Å². The molecule has 11 heteroatoms. The van der Waals surface area contributed by atoms with Crippen molar-refractivity contribution >= 4 is 43.2 Å². The van der Waals surface area contributed by atoms with Gasteiger partial charge in [-0.25, -0.2) is 13.4 Å². The SMILES string of the molecule is COc1ccc(-c2ncc(C(=O)Nc3ccc(OC)c(S(=O)(=O)Nc4ccc(Br)cc4)c3)[nH]2)cc1. The predicted octanol–water partition coefficient (Wildman–Crippen LogP) is 4.91. The maximum Gasteiger partial charge on any atom is 0.273 e. The number of carbonyl (C=O) groups excluding carboxylic acids is 1. The highest BCUT2D eigenvalue weighted by molar-refractivity contribution is 9.10. The van der Waals surface area contributed by atoms with Gasteiger partial charge in [-0.2, -0.15) is 0 Å². The Kier molecular flexibility index (Phi) is 7.08. The number of nitrogens with zero attached hydrogens (tertiary/aromatic N) is 1. The van der Waals surface area contributed by atoms with Crippen molar-refractivity contribution in [2.75, 3.05) is 24.3 Å². The van der Waals surface area contributed by atoms with Crippen molar-refractivity contribution < 1.29 is 22.7 Å². The molecular formula is C24H21BrN4O5S. The molecule has 0 radical (unpaired) electrons. The number of nitrogens with one attached hydrogen (secondary N) is 3. The van der Waals surface area contributed by atoms with Crippen LogP contribution in [0, 0.1) is 0 Å². The standard InChI is InChI=1S/C24H21BrN4O5S/c1-33-19-10-3-15(4-11-19)23-26-14-20(28-23)24(30)27-18-9-12-21(34-2)22(13-18)35(31,32)29-17-7-5-16(25)6-8-17/h3-14,29H,1-2H3,(H,26,28)(H,27,30). The van der Waals surface area contributed by atoms with Crippen LogP contribution in [-0.2, 0) is 10.0 Å². The Labute approximate surface area is 210 Å². The van der Waals surface area contributed by atoms with Gasteiger partial charge in [0.05, 0.1) is 20.4 Å². The Balaban J connectivity index is 1.55. The number of methoxy groups -OCH3 is 2. The summed E-state index contributed by atoms with van der Waals surface area (Å²) in [4.78, 5) is 19.9. The van der Waals surface area contributed by atoms with E-state index in [0.29, 0.717) is 17.3 Å². The normalized spacial score (nSPS) is 11.1. The molecule has 0 unspecified atom stereocenters. The summed E-state index contributed by atoms with van der Waals surface area (Å²) < 4.78 is 39.8. The van der Waals surface area contributed by atoms with E-state index in [0.717, 1.165) is 10.0 Å². The zero-order valence-electron chi connectivity index (χ0n) is 18.7. The molecule has 180 valence electrons. The third-order valence-corrected chi connectivity index (χ3v) is 6.92. The molecule has 3 N–H and O–H groups in total. The monoisotopic (exact) mass is 556 g/mol. The average molecular weight is 557 g/mol. The van der Waals surface area contributed by atoms with E-state index in [1.165, 1.54) is 25.4 Å². The lowest BCUT2D eigenvalue weighted by atomic mass is 10.2. The van der Waals surface area contributed by atoms with Crippen molar-refractivity contribution in [1.29, 1.82) is 0 Å². The highest BCUT2D eigenvalue weighted by Gasteiger charge is 2.21. The van der Waals surface area contributed by atoms with Crippen LogP contribution in [0.15, 0.2) is 82.3 Å². The van der Waals surface area contributed by atoms with Gasteiger partial charge in [0.1, 0.15) is 27.9 Å². The van der Waals surface area contributed by atoms with Crippen LogP contribution in [0.2, 0.25) is 0 Å². The number of imidazole rings is 1. The third-order valence-electron chi connectivity index (χ3n) is 4.99. The van der Waals surface area contributed by atoms with Crippen molar-refractivity contribution in [3.8, 4) is 22.9 Å². The Morgan fingerprint density at radius 3 is 2.29 bits per heavy atom. The first-order valence-electron chi connectivity index (χ1n) is 10.3. The summed E-state index contributed by atoms with van der Waals surface area (Å²) in [5.41, 5.74) is 1.64. The van der Waals surface area contributed by atoms with Crippen molar-refractivity contribution in [3.63, 3.8) is 0 Å². The van der Waals surface area contributed by atoms with E-state index in [4.69, 9.17) is 9.47 Å². The lowest BCUT2D eigenvalue weighted by molar-refractivity contribution is 0.102. The summed E-state index contributed by atoms with van der Waals surface area (Å²) in [5, 5.41) is 2.69. The van der Waals surface area contributed by atoms with Crippen molar-refractivity contribution in [3.05, 3.63) is 83.1 Å². The number of halogens is 1. The van der Waals surface area contributed by atoms with E-state index in [9.17, 15) is 13.2 Å². The number of H-pyrrole nitrogens is 1. The fourth-order valence-corrected chi connectivity index (χ4v) is 4.74. The number of ether oxygens (including phenoxy) is 2. The molecule has 1 amide bonds. The lowest BCUT2D eigenvalue weighted by Crippen LogP contribution is -2.16. The second-order valence-corrected chi connectivity index (χ2v) is 9.87. The summed E-state index contributed by atoms with van der Waals surface area (Å²) in [5.74, 6) is 0.871. The van der Waals surface area contributed by atoms with E-state index in [2.05, 4.69) is 35.9 Å². The summed E-state index contributed by atoms with van der Waals surface area (Å²) in [6.07, 6.45) is 1.41. The van der Waals surface area contributed by atoms with Crippen molar-refractivity contribution in [2.24, 2.45) is 0 Å². The smallest absolute Gasteiger partial charge is 0.273 e. The summed E-state index contributed by atoms with van der Waals surface area (Å²) in [7, 11) is -1.05. The molecule has 9 nitrogen and oxygen atoms in total. The van der Waals surface area contributed by atoms with Gasteiger partial charge in [0, 0.05) is 21.4 Å². The van der Waals surface area contributed by atoms with E-state index in [1.54, 1.807) is 49.6 Å².